The number of nitrogens with two attached hydrogens (primary N) is 1. The lowest BCUT2D eigenvalue weighted by molar-refractivity contribution is -0.137. The minimum absolute atomic E-state index is 0.374. The number of hydrogen-bond acceptors (Lipinski definition) is 5. The minimum atomic E-state index is -4.54. The third-order valence-electron chi connectivity index (χ3n) is 7.64. The number of alkyl halides is 3. The van der Waals surface area contributed by atoms with E-state index in [1.807, 2.05) is 6.20 Å². The Labute approximate surface area is 178 Å². The first-order valence-electron chi connectivity index (χ1n) is 11.1. The molecular weight excluding hydrogens is 407 g/mol. The molecule has 4 heterocycles. The van der Waals surface area contributed by atoms with Crippen LogP contribution in [0.4, 0.5) is 19.0 Å². The fourth-order valence-electron chi connectivity index (χ4n) is 5.79. The molecule has 2 aromatic rings. The van der Waals surface area contributed by atoms with Gasteiger partial charge in [-0.3, -0.25) is 4.90 Å². The molecule has 0 radical (unpaired) electrons. The summed E-state index contributed by atoms with van der Waals surface area (Å²) >= 11 is 0. The summed E-state index contributed by atoms with van der Waals surface area (Å²) in [6.45, 7) is 3.81. The Bertz CT molecular complexity index is 984. The van der Waals surface area contributed by atoms with Crippen LogP contribution in [-0.4, -0.2) is 51.8 Å². The number of nitrogen functional groups attached to an aromatic ring is 1. The van der Waals surface area contributed by atoms with E-state index < -0.39 is 17.6 Å². The van der Waals surface area contributed by atoms with Crippen molar-refractivity contribution in [3.8, 4) is 11.3 Å². The summed E-state index contributed by atoms with van der Waals surface area (Å²) in [6, 6.07) is 2.04. The first kappa shape index (κ1) is 19.5. The minimum Gasteiger partial charge on any atom is -0.383 e. The van der Waals surface area contributed by atoms with Crippen LogP contribution >= 0.6 is 0 Å². The van der Waals surface area contributed by atoms with Gasteiger partial charge >= 0.3 is 6.18 Å². The quantitative estimate of drug-likeness (QED) is 0.796. The molecule has 6 nitrogen and oxygen atoms in total. The van der Waals surface area contributed by atoms with Crippen LogP contribution < -0.4 is 5.73 Å². The number of imidazole rings is 1. The summed E-state index contributed by atoms with van der Waals surface area (Å²) in [5.74, 6) is 2.12. The van der Waals surface area contributed by atoms with Crippen LogP contribution in [0.2, 0.25) is 0 Å². The van der Waals surface area contributed by atoms with Crippen molar-refractivity contribution < 1.29 is 17.9 Å². The van der Waals surface area contributed by atoms with E-state index in [-0.39, 0.29) is 0 Å². The largest absolute Gasteiger partial charge is 0.419 e. The van der Waals surface area contributed by atoms with Gasteiger partial charge in [0.1, 0.15) is 11.6 Å². The predicted octanol–water partition coefficient (Wildman–Crippen LogP) is 3.71. The number of piperidine rings is 1. The van der Waals surface area contributed by atoms with Crippen molar-refractivity contribution in [2.24, 2.45) is 11.8 Å². The average Bonchev–Trinajstić information content (AvgIpc) is 3.17. The van der Waals surface area contributed by atoms with E-state index in [2.05, 4.69) is 14.5 Å². The Kier molecular flexibility index (Phi) is 4.37. The topological polar surface area (TPSA) is 69.2 Å². The van der Waals surface area contributed by atoms with Crippen LogP contribution in [0, 0.1) is 11.8 Å². The van der Waals surface area contributed by atoms with E-state index in [9.17, 15) is 13.2 Å². The van der Waals surface area contributed by atoms with Crippen molar-refractivity contribution in [2.45, 2.75) is 49.9 Å². The maximum Gasteiger partial charge on any atom is 0.419 e. The second-order valence-corrected chi connectivity index (χ2v) is 9.49. The SMILES string of the molecule is Nc1ncc(-c2cn(C3[C@H]4CN(C5COC5)C[C@@H]34)c(C3CCCC3)n2)cc1C(F)(F)F. The smallest absolute Gasteiger partial charge is 0.383 e. The number of nitrogens with zero attached hydrogens (tertiary/aromatic N) is 4. The molecule has 4 aliphatic rings. The molecule has 1 unspecified atom stereocenters. The van der Waals surface area contributed by atoms with Gasteiger partial charge < -0.3 is 15.0 Å². The van der Waals surface area contributed by atoms with Gasteiger partial charge in [-0.15, -0.1) is 0 Å². The van der Waals surface area contributed by atoms with Gasteiger partial charge in [0.2, 0.25) is 0 Å². The highest BCUT2D eigenvalue weighted by molar-refractivity contribution is 5.62. The summed E-state index contributed by atoms with van der Waals surface area (Å²) in [4.78, 5) is 11.2. The Morgan fingerprint density at radius 3 is 2.42 bits per heavy atom. The van der Waals surface area contributed by atoms with E-state index >= 15 is 0 Å². The van der Waals surface area contributed by atoms with Crippen LogP contribution in [0.3, 0.4) is 0 Å². The van der Waals surface area contributed by atoms with Gasteiger partial charge in [0.25, 0.3) is 0 Å². The van der Waals surface area contributed by atoms with Crippen molar-refractivity contribution in [3.05, 3.63) is 29.8 Å². The molecule has 2 saturated carbocycles. The summed E-state index contributed by atoms with van der Waals surface area (Å²) in [5.41, 5.74) is 5.53. The third-order valence-corrected chi connectivity index (χ3v) is 7.64. The molecule has 2 aliphatic heterocycles. The standard InChI is InChI=1S/C22H26F3N5O/c23-22(24,25)17-5-13(6-27-20(17)26)18-9-30(21(28-18)12-3-1-2-4-12)19-15-7-29(8-16(15)19)14-10-31-11-14/h5-6,9,12,14-16,19H,1-4,7-8,10-11H2,(H2,26,27)/t15-,16+,19?. The van der Waals surface area contributed by atoms with Crippen LogP contribution in [0.5, 0.6) is 0 Å². The molecule has 4 fully saturated rings. The van der Waals surface area contributed by atoms with Crippen molar-refractivity contribution in [1.82, 2.24) is 19.4 Å². The summed E-state index contributed by atoms with van der Waals surface area (Å²) < 4.78 is 47.7. The predicted molar refractivity (Wildman–Crippen MR) is 108 cm³/mol. The van der Waals surface area contributed by atoms with Crippen LogP contribution in [0.1, 0.15) is 49.0 Å². The van der Waals surface area contributed by atoms with E-state index in [0.29, 0.717) is 41.1 Å². The Balaban J connectivity index is 1.32. The van der Waals surface area contributed by atoms with E-state index in [1.54, 1.807) is 0 Å². The third kappa shape index (κ3) is 3.24. The molecule has 3 atom stereocenters. The fourth-order valence-corrected chi connectivity index (χ4v) is 5.79. The summed E-state index contributed by atoms with van der Waals surface area (Å²) in [7, 11) is 0. The number of likely N-dealkylation sites (tertiary alicyclic amines) is 1. The number of fused-ring (bicyclic) bond motifs is 1. The normalized spacial score (nSPS) is 29.3. The first-order valence-corrected chi connectivity index (χ1v) is 11.1. The molecule has 0 amide bonds. The fraction of sp³-hybridized carbons (Fsp3) is 0.636. The van der Waals surface area contributed by atoms with E-state index in [1.165, 1.54) is 19.0 Å². The highest BCUT2D eigenvalue weighted by Crippen LogP contribution is 2.57. The van der Waals surface area contributed by atoms with Gasteiger partial charge in [-0.2, -0.15) is 13.2 Å². The van der Waals surface area contributed by atoms with Crippen molar-refractivity contribution in [1.29, 1.82) is 0 Å². The highest BCUT2D eigenvalue weighted by atomic mass is 19.4. The monoisotopic (exact) mass is 433 g/mol. The molecule has 6 rings (SSSR count). The lowest BCUT2D eigenvalue weighted by Crippen LogP contribution is -2.49. The first-order chi connectivity index (χ1) is 14.9. The molecule has 0 spiro atoms. The number of hydrogen-bond donors (Lipinski definition) is 1. The van der Waals surface area contributed by atoms with Gasteiger partial charge in [0.15, 0.2) is 0 Å². The maximum absolute atomic E-state index is 13.3. The molecule has 0 aromatic carbocycles. The zero-order chi connectivity index (χ0) is 21.3. The van der Waals surface area contributed by atoms with Gasteiger partial charge in [-0.25, -0.2) is 9.97 Å². The van der Waals surface area contributed by atoms with Crippen LogP contribution in [0.25, 0.3) is 11.3 Å². The Hall–Kier alpha value is -2.13. The number of rotatable bonds is 4. The number of anilines is 1. The number of ether oxygens (including phenoxy) is 1. The molecule has 2 saturated heterocycles. The average molecular weight is 433 g/mol. The Morgan fingerprint density at radius 1 is 1.10 bits per heavy atom. The summed E-state index contributed by atoms with van der Waals surface area (Å²) in [6.07, 6.45) is 3.38. The lowest BCUT2D eigenvalue weighted by atomic mass is 10.1. The number of aromatic nitrogens is 3. The van der Waals surface area contributed by atoms with Gasteiger partial charge in [-0.05, 0) is 30.7 Å². The maximum atomic E-state index is 13.3. The molecular formula is C22H26F3N5O. The molecule has 31 heavy (non-hydrogen) atoms. The van der Waals surface area contributed by atoms with E-state index in [0.717, 1.165) is 51.0 Å². The van der Waals surface area contributed by atoms with Crippen LogP contribution in [0.15, 0.2) is 18.5 Å². The van der Waals surface area contributed by atoms with Crippen molar-refractivity contribution >= 4 is 5.82 Å². The molecule has 9 heteroatoms. The molecule has 0 bridgehead atoms. The molecule has 2 aromatic heterocycles. The lowest BCUT2D eigenvalue weighted by Gasteiger charge is -2.36. The van der Waals surface area contributed by atoms with Gasteiger partial charge in [-0.1, -0.05) is 12.8 Å². The van der Waals surface area contributed by atoms with E-state index in [4.69, 9.17) is 15.5 Å². The van der Waals surface area contributed by atoms with Crippen LogP contribution in [-0.2, 0) is 10.9 Å². The highest BCUT2D eigenvalue weighted by Gasteiger charge is 2.58. The van der Waals surface area contributed by atoms with Gasteiger partial charge in [0, 0.05) is 43.0 Å². The zero-order valence-electron chi connectivity index (χ0n) is 17.2. The zero-order valence-corrected chi connectivity index (χ0v) is 17.2. The number of halogens is 3. The van der Waals surface area contributed by atoms with Gasteiger partial charge in [0.05, 0.1) is 30.5 Å². The Morgan fingerprint density at radius 2 is 1.81 bits per heavy atom. The van der Waals surface area contributed by atoms with Crippen molar-refractivity contribution in [2.75, 3.05) is 32.0 Å². The van der Waals surface area contributed by atoms with Crippen molar-refractivity contribution in [3.63, 3.8) is 0 Å². The second kappa shape index (κ2) is 6.93. The number of pyridine rings is 1. The molecule has 2 N–H and O–H groups in total. The summed E-state index contributed by atoms with van der Waals surface area (Å²) in [5, 5.41) is 0. The second-order valence-electron chi connectivity index (χ2n) is 9.49. The molecule has 166 valence electrons. The molecule has 2 aliphatic carbocycles.